The molecule has 1 N–H and O–H groups in total. The van der Waals surface area contributed by atoms with Gasteiger partial charge in [0.25, 0.3) is 0 Å². The van der Waals surface area contributed by atoms with E-state index in [9.17, 15) is 4.79 Å². The number of halogens is 2. The lowest BCUT2D eigenvalue weighted by molar-refractivity contribution is 0.0523. The van der Waals surface area contributed by atoms with Crippen molar-refractivity contribution < 1.29 is 9.53 Å². The molecule has 0 aliphatic carbocycles. The van der Waals surface area contributed by atoms with Crippen molar-refractivity contribution in [3.8, 4) is 22.3 Å². The summed E-state index contributed by atoms with van der Waals surface area (Å²) in [7, 11) is 0. The van der Waals surface area contributed by atoms with Crippen LogP contribution in [0.2, 0.25) is 5.02 Å². The molecule has 0 heterocycles. The Labute approximate surface area is 185 Å². The highest BCUT2D eigenvalue weighted by Crippen LogP contribution is 2.31. The van der Waals surface area contributed by atoms with Gasteiger partial charge in [-0.3, -0.25) is 0 Å². The molecule has 3 aromatic rings. The van der Waals surface area contributed by atoms with Gasteiger partial charge < -0.3 is 10.1 Å². The first-order valence-corrected chi connectivity index (χ1v) is 10.5. The van der Waals surface area contributed by atoms with Crippen LogP contribution < -0.4 is 5.32 Å². The summed E-state index contributed by atoms with van der Waals surface area (Å²) in [6.45, 7) is 5.92. The third-order valence-electron chi connectivity index (χ3n) is 4.15. The lowest BCUT2D eigenvalue weighted by Crippen LogP contribution is -2.32. The lowest BCUT2D eigenvalue weighted by Gasteiger charge is -2.19. The number of rotatable bonds is 4. The highest BCUT2D eigenvalue weighted by Gasteiger charge is 2.15. The summed E-state index contributed by atoms with van der Waals surface area (Å²) in [5.74, 6) is 0. The maximum Gasteiger partial charge on any atom is 0.407 e. The van der Waals surface area contributed by atoms with Crippen LogP contribution in [0.1, 0.15) is 26.3 Å². The minimum atomic E-state index is -0.518. The van der Waals surface area contributed by atoms with E-state index in [0.29, 0.717) is 11.6 Å². The molecule has 0 spiro atoms. The van der Waals surface area contributed by atoms with Crippen molar-refractivity contribution in [2.24, 2.45) is 0 Å². The number of benzene rings is 3. The zero-order valence-electron chi connectivity index (χ0n) is 16.6. The molecule has 5 heteroatoms. The number of carbonyl (C=O) groups is 1. The van der Waals surface area contributed by atoms with Crippen molar-refractivity contribution in [3.63, 3.8) is 0 Å². The predicted octanol–water partition coefficient (Wildman–Crippen LogP) is 7.46. The molecule has 29 heavy (non-hydrogen) atoms. The van der Waals surface area contributed by atoms with Crippen LogP contribution in [-0.2, 0) is 11.3 Å². The second-order valence-corrected chi connectivity index (χ2v) is 9.15. The van der Waals surface area contributed by atoms with Crippen LogP contribution in [-0.4, -0.2) is 11.7 Å². The average molecular weight is 473 g/mol. The Morgan fingerprint density at radius 3 is 2.17 bits per heavy atom. The fraction of sp³-hybridized carbons (Fsp3) is 0.208. The molecule has 3 rings (SSSR count). The van der Waals surface area contributed by atoms with Gasteiger partial charge in [-0.25, -0.2) is 4.79 Å². The minimum absolute atomic E-state index is 0.391. The van der Waals surface area contributed by atoms with E-state index in [4.69, 9.17) is 16.3 Å². The minimum Gasteiger partial charge on any atom is -0.444 e. The first-order chi connectivity index (χ1) is 13.7. The van der Waals surface area contributed by atoms with Gasteiger partial charge in [0, 0.05) is 16.0 Å². The fourth-order valence-electron chi connectivity index (χ4n) is 2.94. The highest BCUT2D eigenvalue weighted by atomic mass is 79.9. The van der Waals surface area contributed by atoms with Gasteiger partial charge in [-0.05, 0) is 85.0 Å². The molecule has 0 saturated heterocycles. The number of nitrogens with one attached hydrogen (secondary N) is 1. The molecule has 0 bridgehead atoms. The van der Waals surface area contributed by atoms with Gasteiger partial charge in [-0.1, -0.05) is 57.9 Å². The van der Waals surface area contributed by atoms with E-state index >= 15 is 0 Å². The summed E-state index contributed by atoms with van der Waals surface area (Å²) < 4.78 is 6.31. The Hall–Kier alpha value is -2.30. The first-order valence-electron chi connectivity index (χ1n) is 9.32. The van der Waals surface area contributed by atoms with Gasteiger partial charge in [0.05, 0.1) is 0 Å². The molecule has 0 atom stereocenters. The number of alkyl carbamates (subject to hydrolysis) is 1. The van der Waals surface area contributed by atoms with Crippen molar-refractivity contribution in [1.29, 1.82) is 0 Å². The van der Waals surface area contributed by atoms with E-state index < -0.39 is 11.7 Å². The molecule has 0 unspecified atom stereocenters. The van der Waals surface area contributed by atoms with Crippen molar-refractivity contribution in [1.82, 2.24) is 5.32 Å². The van der Waals surface area contributed by atoms with Crippen LogP contribution >= 0.6 is 27.5 Å². The Balaban J connectivity index is 1.82. The van der Waals surface area contributed by atoms with Gasteiger partial charge in [0.15, 0.2) is 0 Å². The van der Waals surface area contributed by atoms with Crippen LogP contribution in [0.15, 0.2) is 71.2 Å². The van der Waals surface area contributed by atoms with E-state index in [0.717, 1.165) is 32.3 Å². The molecule has 150 valence electrons. The summed E-state index contributed by atoms with van der Waals surface area (Å²) in [6.07, 6.45) is -0.428. The molecule has 3 nitrogen and oxygen atoms in total. The van der Waals surface area contributed by atoms with Crippen molar-refractivity contribution >= 4 is 33.6 Å². The predicted molar refractivity (Wildman–Crippen MR) is 123 cm³/mol. The van der Waals surface area contributed by atoms with Gasteiger partial charge in [0.1, 0.15) is 5.60 Å². The quantitative estimate of drug-likeness (QED) is 0.428. The largest absolute Gasteiger partial charge is 0.444 e. The van der Waals surface area contributed by atoms with Crippen molar-refractivity contribution in [2.75, 3.05) is 0 Å². The summed E-state index contributed by atoms with van der Waals surface area (Å²) in [6, 6.07) is 22.2. The first kappa shape index (κ1) is 21.4. The number of ether oxygens (including phenoxy) is 1. The summed E-state index contributed by atoms with van der Waals surface area (Å²) >= 11 is 9.93. The molecule has 0 radical (unpaired) electrons. The molecule has 0 aromatic heterocycles. The second kappa shape index (κ2) is 9.02. The second-order valence-electron chi connectivity index (χ2n) is 7.79. The Bertz CT molecular complexity index is 1030. The molecule has 0 aliphatic rings. The maximum absolute atomic E-state index is 11.9. The van der Waals surface area contributed by atoms with Crippen LogP contribution in [0.3, 0.4) is 0 Å². The third kappa shape index (κ3) is 6.34. The summed E-state index contributed by atoms with van der Waals surface area (Å²) in [5, 5.41) is 3.47. The van der Waals surface area contributed by atoms with E-state index in [1.807, 2.05) is 69.3 Å². The van der Waals surface area contributed by atoms with Gasteiger partial charge in [-0.15, -0.1) is 0 Å². The molecule has 3 aromatic carbocycles. The topological polar surface area (TPSA) is 38.3 Å². The summed E-state index contributed by atoms with van der Waals surface area (Å²) in [4.78, 5) is 11.9. The number of carbonyl (C=O) groups excluding carboxylic acids is 1. The lowest BCUT2D eigenvalue weighted by atomic mass is 9.98. The fourth-order valence-corrected chi connectivity index (χ4v) is 3.57. The Morgan fingerprint density at radius 1 is 0.931 bits per heavy atom. The van der Waals surface area contributed by atoms with E-state index in [1.165, 1.54) is 0 Å². The van der Waals surface area contributed by atoms with Gasteiger partial charge in [0.2, 0.25) is 0 Å². The Morgan fingerprint density at radius 2 is 1.55 bits per heavy atom. The van der Waals surface area contributed by atoms with Crippen LogP contribution in [0, 0.1) is 0 Å². The van der Waals surface area contributed by atoms with E-state index in [1.54, 1.807) is 0 Å². The summed E-state index contributed by atoms with van der Waals surface area (Å²) in [5.41, 5.74) is 4.66. The average Bonchev–Trinajstić information content (AvgIpc) is 2.65. The normalized spacial score (nSPS) is 11.2. The smallest absolute Gasteiger partial charge is 0.407 e. The van der Waals surface area contributed by atoms with E-state index in [2.05, 4.69) is 39.4 Å². The molecule has 0 saturated carbocycles. The molecule has 1 amide bonds. The maximum atomic E-state index is 11.9. The Kier molecular flexibility index (Phi) is 6.66. The number of hydrogen-bond donors (Lipinski definition) is 1. The standard InChI is InChI=1S/C24H23BrClNO2/c1-24(2,3)29-23(28)27-15-16-6-4-7-17(10-16)19-11-20(14-22(26)13-19)18-8-5-9-21(25)12-18/h4-14H,15H2,1-3H3,(H,27,28). The van der Waals surface area contributed by atoms with Crippen LogP contribution in [0.25, 0.3) is 22.3 Å². The molecular formula is C24H23BrClNO2. The number of amides is 1. The van der Waals surface area contributed by atoms with Gasteiger partial charge in [-0.2, -0.15) is 0 Å². The van der Waals surface area contributed by atoms with Gasteiger partial charge >= 0.3 is 6.09 Å². The SMILES string of the molecule is CC(C)(C)OC(=O)NCc1cccc(-c2cc(Cl)cc(-c3cccc(Br)c3)c2)c1. The third-order valence-corrected chi connectivity index (χ3v) is 4.86. The monoisotopic (exact) mass is 471 g/mol. The highest BCUT2D eigenvalue weighted by molar-refractivity contribution is 9.10. The molecule has 0 aliphatic heterocycles. The van der Waals surface area contributed by atoms with Crippen molar-refractivity contribution in [3.05, 3.63) is 81.8 Å². The van der Waals surface area contributed by atoms with E-state index in [-0.39, 0.29) is 0 Å². The van der Waals surface area contributed by atoms with Crippen LogP contribution in [0.5, 0.6) is 0 Å². The van der Waals surface area contributed by atoms with Crippen molar-refractivity contribution in [2.45, 2.75) is 32.9 Å². The molecular weight excluding hydrogens is 450 g/mol. The zero-order valence-corrected chi connectivity index (χ0v) is 19.0. The molecule has 0 fully saturated rings. The zero-order chi connectivity index (χ0) is 21.0. The van der Waals surface area contributed by atoms with Crippen LogP contribution in [0.4, 0.5) is 4.79 Å². The number of hydrogen-bond acceptors (Lipinski definition) is 2.